The van der Waals surface area contributed by atoms with Gasteiger partial charge in [0.05, 0.1) is 0 Å². The van der Waals surface area contributed by atoms with Crippen LogP contribution in [0.2, 0.25) is 0 Å². The summed E-state index contributed by atoms with van der Waals surface area (Å²) in [7, 11) is 0. The fourth-order valence-electron chi connectivity index (χ4n) is 1.07. The molecule has 0 bridgehead atoms. The van der Waals surface area contributed by atoms with Crippen molar-refractivity contribution in [2.75, 3.05) is 0 Å². The predicted molar refractivity (Wildman–Crippen MR) is 56.8 cm³/mol. The number of hydrogen-bond acceptors (Lipinski definition) is 3. The van der Waals surface area contributed by atoms with Crippen LogP contribution in [-0.2, 0) is 20.2 Å². The molecule has 1 rings (SSSR count). The van der Waals surface area contributed by atoms with Crippen LogP contribution < -0.4 is 0 Å². The van der Waals surface area contributed by atoms with Crippen LogP contribution in [0.5, 0.6) is 0 Å². The second kappa shape index (κ2) is 4.75. The number of carbonyl (C=O) groups is 1. The lowest BCUT2D eigenvalue weighted by molar-refractivity contribution is -0.326. The molecule has 3 nitrogen and oxygen atoms in total. The minimum absolute atomic E-state index is 0.598. The second-order valence-corrected chi connectivity index (χ2v) is 3.57. The molecule has 0 aliphatic rings. The normalized spacial score (nSPS) is 10.8. The van der Waals surface area contributed by atoms with Crippen LogP contribution in [0.25, 0.3) is 0 Å². The van der Waals surface area contributed by atoms with Crippen LogP contribution in [0.4, 0.5) is 0 Å². The van der Waals surface area contributed by atoms with E-state index in [9.17, 15) is 4.79 Å². The van der Waals surface area contributed by atoms with Crippen LogP contribution in [0, 0.1) is 0 Å². The van der Waals surface area contributed by atoms with Crippen molar-refractivity contribution in [1.82, 2.24) is 0 Å². The molecule has 0 aliphatic carbocycles. The van der Waals surface area contributed by atoms with E-state index in [-0.39, 0.29) is 0 Å². The van der Waals surface area contributed by atoms with Gasteiger partial charge in [-0.3, -0.25) is 4.89 Å². The van der Waals surface area contributed by atoms with E-state index >= 15 is 0 Å². The Morgan fingerprint density at radius 3 is 2.47 bits per heavy atom. The van der Waals surface area contributed by atoms with E-state index in [1.165, 1.54) is 0 Å². The third-order valence-electron chi connectivity index (χ3n) is 1.97. The molecule has 80 valence electrons. The van der Waals surface area contributed by atoms with Gasteiger partial charge in [-0.2, -0.15) is 4.89 Å². The highest BCUT2D eigenvalue weighted by molar-refractivity contribution is 5.80. The van der Waals surface area contributed by atoms with Crippen LogP contribution in [-0.4, -0.2) is 5.97 Å². The Hall–Kier alpha value is -1.61. The van der Waals surface area contributed by atoms with Crippen molar-refractivity contribution in [1.29, 1.82) is 0 Å². The van der Waals surface area contributed by atoms with E-state index in [4.69, 9.17) is 4.89 Å². The standard InChI is InChI=1S/C12H14O3/c1-4-11(13)14-15-12(2,3)10-8-6-5-7-9-10/h4-9H,1H2,2-3H3. The molecule has 0 aliphatic heterocycles. The molecular weight excluding hydrogens is 192 g/mol. The lowest BCUT2D eigenvalue weighted by Crippen LogP contribution is -2.23. The monoisotopic (exact) mass is 206 g/mol. The first kappa shape index (κ1) is 11.5. The Morgan fingerprint density at radius 2 is 1.93 bits per heavy atom. The molecule has 1 aromatic carbocycles. The van der Waals surface area contributed by atoms with Gasteiger partial charge in [-0.1, -0.05) is 36.9 Å². The molecule has 0 spiro atoms. The molecule has 0 radical (unpaired) electrons. The molecular formula is C12H14O3. The maximum atomic E-state index is 10.8. The van der Waals surface area contributed by atoms with Crippen molar-refractivity contribution in [2.45, 2.75) is 19.4 Å². The highest BCUT2D eigenvalue weighted by Gasteiger charge is 2.23. The van der Waals surface area contributed by atoms with Crippen molar-refractivity contribution in [3.63, 3.8) is 0 Å². The van der Waals surface area contributed by atoms with Crippen molar-refractivity contribution >= 4 is 5.97 Å². The van der Waals surface area contributed by atoms with Gasteiger partial charge in [-0.15, -0.1) is 0 Å². The first-order chi connectivity index (χ1) is 7.06. The summed E-state index contributed by atoms with van der Waals surface area (Å²) >= 11 is 0. The molecule has 0 atom stereocenters. The SMILES string of the molecule is C=CC(=O)OOC(C)(C)c1ccccc1. The third kappa shape index (κ3) is 3.22. The molecule has 0 saturated heterocycles. The number of rotatable bonds is 4. The Balaban J connectivity index is 2.67. The van der Waals surface area contributed by atoms with Crippen LogP contribution in [0.1, 0.15) is 19.4 Å². The Bertz CT molecular complexity index is 341. The molecule has 0 N–H and O–H groups in total. The van der Waals surface area contributed by atoms with Crippen LogP contribution in [0.3, 0.4) is 0 Å². The van der Waals surface area contributed by atoms with Gasteiger partial charge in [0.25, 0.3) is 0 Å². The van der Waals surface area contributed by atoms with Gasteiger partial charge in [0, 0.05) is 6.08 Å². The number of hydrogen-bond donors (Lipinski definition) is 0. The molecule has 0 saturated carbocycles. The van der Waals surface area contributed by atoms with Crippen LogP contribution in [0.15, 0.2) is 43.0 Å². The molecule has 3 heteroatoms. The van der Waals surface area contributed by atoms with Crippen molar-refractivity contribution in [2.24, 2.45) is 0 Å². The first-order valence-corrected chi connectivity index (χ1v) is 4.64. The Morgan fingerprint density at radius 1 is 1.33 bits per heavy atom. The minimum Gasteiger partial charge on any atom is -0.293 e. The van der Waals surface area contributed by atoms with Gasteiger partial charge in [0.1, 0.15) is 5.60 Å². The summed E-state index contributed by atoms with van der Waals surface area (Å²) in [6, 6.07) is 9.52. The summed E-state index contributed by atoms with van der Waals surface area (Å²) in [6.07, 6.45) is 1.06. The summed E-state index contributed by atoms with van der Waals surface area (Å²) in [5.74, 6) is -0.598. The van der Waals surface area contributed by atoms with Gasteiger partial charge >= 0.3 is 5.97 Å². The smallest absolute Gasteiger partial charge is 0.293 e. The van der Waals surface area contributed by atoms with Gasteiger partial charge < -0.3 is 0 Å². The molecule has 0 unspecified atom stereocenters. The van der Waals surface area contributed by atoms with E-state index in [0.717, 1.165) is 11.6 Å². The van der Waals surface area contributed by atoms with E-state index in [1.54, 1.807) is 0 Å². The van der Waals surface area contributed by atoms with E-state index in [0.29, 0.717) is 0 Å². The molecule has 0 amide bonds. The molecule has 0 heterocycles. The average Bonchev–Trinajstić information content (AvgIpc) is 2.27. The topological polar surface area (TPSA) is 35.5 Å². The maximum Gasteiger partial charge on any atom is 0.365 e. The van der Waals surface area contributed by atoms with Crippen LogP contribution >= 0.6 is 0 Å². The Labute approximate surface area is 89.2 Å². The molecule has 0 aromatic heterocycles. The minimum atomic E-state index is -0.667. The second-order valence-electron chi connectivity index (χ2n) is 3.57. The summed E-state index contributed by atoms with van der Waals surface area (Å²) in [6.45, 7) is 6.92. The lowest BCUT2D eigenvalue weighted by atomic mass is 9.99. The fourth-order valence-corrected chi connectivity index (χ4v) is 1.07. The first-order valence-electron chi connectivity index (χ1n) is 4.64. The largest absolute Gasteiger partial charge is 0.365 e. The van der Waals surface area contributed by atoms with Gasteiger partial charge in [0.2, 0.25) is 0 Å². The van der Waals surface area contributed by atoms with E-state index in [2.05, 4.69) is 11.5 Å². The average molecular weight is 206 g/mol. The van der Waals surface area contributed by atoms with E-state index in [1.807, 2.05) is 44.2 Å². The Kier molecular flexibility index (Phi) is 3.63. The highest BCUT2D eigenvalue weighted by Crippen LogP contribution is 2.24. The quantitative estimate of drug-likeness (QED) is 0.431. The zero-order chi connectivity index (χ0) is 11.3. The zero-order valence-corrected chi connectivity index (χ0v) is 8.90. The molecule has 1 aromatic rings. The zero-order valence-electron chi connectivity index (χ0n) is 8.90. The maximum absolute atomic E-state index is 10.8. The molecule has 15 heavy (non-hydrogen) atoms. The number of benzene rings is 1. The van der Waals surface area contributed by atoms with Crippen molar-refractivity contribution < 1.29 is 14.6 Å². The summed E-state index contributed by atoms with van der Waals surface area (Å²) in [5.41, 5.74) is 0.266. The van der Waals surface area contributed by atoms with Gasteiger partial charge in [-0.25, -0.2) is 4.79 Å². The van der Waals surface area contributed by atoms with Crippen molar-refractivity contribution in [3.05, 3.63) is 48.6 Å². The summed E-state index contributed by atoms with van der Waals surface area (Å²) in [4.78, 5) is 20.4. The summed E-state index contributed by atoms with van der Waals surface area (Å²) < 4.78 is 0. The van der Waals surface area contributed by atoms with Crippen molar-refractivity contribution in [3.8, 4) is 0 Å². The van der Waals surface area contributed by atoms with E-state index < -0.39 is 11.6 Å². The summed E-state index contributed by atoms with van der Waals surface area (Å²) in [5, 5.41) is 0. The number of carbonyl (C=O) groups excluding carboxylic acids is 1. The predicted octanol–water partition coefficient (Wildman–Crippen LogP) is 2.58. The molecule has 0 fully saturated rings. The fraction of sp³-hybridized carbons (Fsp3) is 0.250. The van der Waals surface area contributed by atoms with Gasteiger partial charge in [0.15, 0.2) is 0 Å². The van der Waals surface area contributed by atoms with Gasteiger partial charge in [-0.05, 0) is 19.4 Å². The lowest BCUT2D eigenvalue weighted by Gasteiger charge is -2.22. The highest BCUT2D eigenvalue weighted by atomic mass is 17.2. The third-order valence-corrected chi connectivity index (χ3v) is 1.97.